The first-order valence-electron chi connectivity index (χ1n) is 6.01. The van der Waals surface area contributed by atoms with E-state index in [1.807, 2.05) is 24.3 Å². The van der Waals surface area contributed by atoms with Crippen molar-refractivity contribution in [3.8, 4) is 0 Å². The first-order valence-corrected chi connectivity index (χ1v) is 7.79. The molecule has 2 aromatic carbocycles. The zero-order valence-electron chi connectivity index (χ0n) is 10.4. The molecule has 3 aromatic rings. The first-order chi connectivity index (χ1) is 9.74. The Kier molecular flexibility index (Phi) is 3.98. The Morgan fingerprint density at radius 1 is 1.15 bits per heavy atom. The molecule has 20 heavy (non-hydrogen) atoms. The number of thioether (sulfide) groups is 1. The third kappa shape index (κ3) is 2.83. The highest BCUT2D eigenvalue weighted by Crippen LogP contribution is 2.28. The topological polar surface area (TPSA) is 25.8 Å². The van der Waals surface area contributed by atoms with Crippen LogP contribution in [-0.4, -0.2) is 10.2 Å². The molecular formula is C15H10BrFN2S. The van der Waals surface area contributed by atoms with Crippen LogP contribution in [0.1, 0.15) is 5.56 Å². The van der Waals surface area contributed by atoms with E-state index in [1.165, 1.54) is 6.07 Å². The van der Waals surface area contributed by atoms with Crippen LogP contribution in [0.2, 0.25) is 0 Å². The molecule has 1 heterocycles. The maximum absolute atomic E-state index is 13.2. The van der Waals surface area contributed by atoms with Crippen LogP contribution in [0.5, 0.6) is 0 Å². The first kappa shape index (κ1) is 13.5. The minimum atomic E-state index is -0.247. The summed E-state index contributed by atoms with van der Waals surface area (Å²) in [6, 6.07) is 13.1. The lowest BCUT2D eigenvalue weighted by molar-refractivity contribution is 0.620. The van der Waals surface area contributed by atoms with Gasteiger partial charge >= 0.3 is 0 Å². The van der Waals surface area contributed by atoms with E-state index >= 15 is 0 Å². The Bertz CT molecular complexity index is 758. The second-order valence-corrected chi connectivity index (χ2v) is 6.09. The summed E-state index contributed by atoms with van der Waals surface area (Å²) in [5.41, 5.74) is 1.04. The smallest absolute Gasteiger partial charge is 0.137 e. The van der Waals surface area contributed by atoms with Crippen molar-refractivity contribution in [3.63, 3.8) is 0 Å². The maximum atomic E-state index is 13.2. The van der Waals surface area contributed by atoms with E-state index in [9.17, 15) is 4.39 Å². The number of hydrogen-bond acceptors (Lipinski definition) is 3. The molecule has 100 valence electrons. The summed E-state index contributed by atoms with van der Waals surface area (Å²) in [5.74, 6) is 0.477. The fourth-order valence-corrected chi connectivity index (χ4v) is 3.24. The highest BCUT2D eigenvalue weighted by molar-refractivity contribution is 9.10. The van der Waals surface area contributed by atoms with E-state index < -0.39 is 0 Å². The molecule has 0 aliphatic heterocycles. The number of benzene rings is 2. The fraction of sp³-hybridized carbons (Fsp3) is 0.0667. The molecule has 2 nitrogen and oxygen atoms in total. The third-order valence-electron chi connectivity index (χ3n) is 2.90. The molecule has 0 aliphatic rings. The van der Waals surface area contributed by atoms with Crippen molar-refractivity contribution < 1.29 is 4.39 Å². The minimum Gasteiger partial charge on any atom is -0.206 e. The molecule has 0 aliphatic carbocycles. The number of halogens is 2. The van der Waals surface area contributed by atoms with Crippen LogP contribution in [0.25, 0.3) is 10.8 Å². The number of hydrogen-bond donors (Lipinski definition) is 0. The summed E-state index contributed by atoms with van der Waals surface area (Å²) in [4.78, 5) is 0. The molecule has 3 rings (SSSR count). The molecule has 0 unspecified atom stereocenters. The Hall–Kier alpha value is -1.46. The van der Waals surface area contributed by atoms with Crippen LogP contribution in [0, 0.1) is 5.82 Å². The van der Waals surface area contributed by atoms with Crippen molar-refractivity contribution in [1.82, 2.24) is 10.2 Å². The molecule has 0 N–H and O–H groups in total. The second kappa shape index (κ2) is 5.89. The highest BCUT2D eigenvalue weighted by Gasteiger charge is 2.06. The summed E-state index contributed by atoms with van der Waals surface area (Å²) in [7, 11) is 0. The van der Waals surface area contributed by atoms with Crippen molar-refractivity contribution in [2.75, 3.05) is 0 Å². The van der Waals surface area contributed by atoms with E-state index in [4.69, 9.17) is 0 Å². The summed E-state index contributed by atoms with van der Waals surface area (Å²) in [6.07, 6.45) is 1.76. The van der Waals surface area contributed by atoms with Crippen molar-refractivity contribution in [3.05, 3.63) is 64.5 Å². The van der Waals surface area contributed by atoms with Crippen LogP contribution in [0.15, 0.2) is 58.2 Å². The van der Waals surface area contributed by atoms with Crippen molar-refractivity contribution >= 4 is 38.5 Å². The van der Waals surface area contributed by atoms with E-state index in [1.54, 1.807) is 30.1 Å². The van der Waals surface area contributed by atoms with Crippen molar-refractivity contribution in [1.29, 1.82) is 0 Å². The number of fused-ring (bicyclic) bond motifs is 1. The van der Waals surface area contributed by atoms with Gasteiger partial charge in [0, 0.05) is 16.5 Å². The van der Waals surface area contributed by atoms with Gasteiger partial charge in [-0.1, -0.05) is 42.1 Å². The molecule has 0 amide bonds. The predicted molar refractivity (Wildman–Crippen MR) is 83.2 cm³/mol. The second-order valence-electron chi connectivity index (χ2n) is 4.27. The Labute approximate surface area is 128 Å². The van der Waals surface area contributed by atoms with Crippen LogP contribution < -0.4 is 0 Å². The van der Waals surface area contributed by atoms with Crippen LogP contribution >= 0.6 is 27.7 Å². The van der Waals surface area contributed by atoms with Crippen molar-refractivity contribution in [2.24, 2.45) is 0 Å². The van der Waals surface area contributed by atoms with Crippen LogP contribution in [0.3, 0.4) is 0 Å². The quantitative estimate of drug-likeness (QED) is 0.634. The molecule has 0 saturated heterocycles. The van der Waals surface area contributed by atoms with Gasteiger partial charge in [0.2, 0.25) is 0 Å². The minimum absolute atomic E-state index is 0.247. The van der Waals surface area contributed by atoms with Gasteiger partial charge in [0.25, 0.3) is 0 Å². The van der Waals surface area contributed by atoms with Crippen LogP contribution in [-0.2, 0) is 5.75 Å². The van der Waals surface area contributed by atoms with E-state index in [2.05, 4.69) is 26.1 Å². The van der Waals surface area contributed by atoms with Gasteiger partial charge in [-0.3, -0.25) is 0 Å². The van der Waals surface area contributed by atoms with Gasteiger partial charge in [0.1, 0.15) is 10.8 Å². The zero-order chi connectivity index (χ0) is 13.9. The monoisotopic (exact) mass is 348 g/mol. The van der Waals surface area contributed by atoms with E-state index in [-0.39, 0.29) is 5.82 Å². The predicted octanol–water partition coefficient (Wildman–Crippen LogP) is 4.82. The standard InChI is InChI=1S/C15H10BrFN2S/c16-13-7-10(5-6-14(13)17)9-20-15-12-4-2-1-3-11(12)8-18-19-15/h1-8H,9H2. The normalized spacial score (nSPS) is 10.9. The molecule has 5 heteroatoms. The van der Waals surface area contributed by atoms with Gasteiger partial charge in [0.15, 0.2) is 0 Å². The van der Waals surface area contributed by atoms with E-state index in [0.29, 0.717) is 4.47 Å². The summed E-state index contributed by atoms with van der Waals surface area (Å²) in [6.45, 7) is 0. The molecule has 0 atom stereocenters. The van der Waals surface area contributed by atoms with Gasteiger partial charge in [-0.15, -0.1) is 5.10 Å². The lowest BCUT2D eigenvalue weighted by atomic mass is 10.2. The summed E-state index contributed by atoms with van der Waals surface area (Å²) in [5, 5.41) is 11.3. The molecule has 0 radical (unpaired) electrons. The number of aromatic nitrogens is 2. The maximum Gasteiger partial charge on any atom is 0.137 e. The molecule has 0 spiro atoms. The Morgan fingerprint density at radius 2 is 2.00 bits per heavy atom. The fourth-order valence-electron chi connectivity index (χ4n) is 1.89. The average molecular weight is 349 g/mol. The van der Waals surface area contributed by atoms with E-state index in [0.717, 1.165) is 27.1 Å². The molecule has 1 aromatic heterocycles. The average Bonchev–Trinajstić information content (AvgIpc) is 2.48. The van der Waals surface area contributed by atoms with Gasteiger partial charge in [0.05, 0.1) is 10.7 Å². The molecule has 0 bridgehead atoms. The van der Waals surface area contributed by atoms with Gasteiger partial charge < -0.3 is 0 Å². The highest BCUT2D eigenvalue weighted by atomic mass is 79.9. The molecule has 0 saturated carbocycles. The SMILES string of the molecule is Fc1ccc(CSc2nncc3ccccc23)cc1Br. The van der Waals surface area contributed by atoms with Crippen LogP contribution in [0.4, 0.5) is 4.39 Å². The largest absolute Gasteiger partial charge is 0.206 e. The number of nitrogens with zero attached hydrogens (tertiary/aromatic N) is 2. The number of rotatable bonds is 3. The molecular weight excluding hydrogens is 339 g/mol. The molecule has 0 fully saturated rings. The lowest BCUT2D eigenvalue weighted by Gasteiger charge is -2.05. The Balaban J connectivity index is 1.85. The summed E-state index contributed by atoms with van der Waals surface area (Å²) >= 11 is 4.80. The van der Waals surface area contributed by atoms with Gasteiger partial charge in [-0.2, -0.15) is 5.10 Å². The van der Waals surface area contributed by atoms with Gasteiger partial charge in [-0.25, -0.2) is 4.39 Å². The lowest BCUT2D eigenvalue weighted by Crippen LogP contribution is -1.89. The third-order valence-corrected chi connectivity index (χ3v) is 4.56. The Morgan fingerprint density at radius 3 is 2.85 bits per heavy atom. The van der Waals surface area contributed by atoms with Crippen molar-refractivity contribution in [2.45, 2.75) is 10.8 Å². The zero-order valence-corrected chi connectivity index (χ0v) is 12.8. The van der Waals surface area contributed by atoms with Gasteiger partial charge in [-0.05, 0) is 33.6 Å². The summed E-state index contributed by atoms with van der Waals surface area (Å²) < 4.78 is 13.7.